The number of hydrogen-bond donors (Lipinski definition) is 3. The van der Waals surface area contributed by atoms with Crippen molar-refractivity contribution < 1.29 is 31.5 Å². The highest BCUT2D eigenvalue weighted by atomic mass is 79.9. The topological polar surface area (TPSA) is 142 Å². The van der Waals surface area contributed by atoms with Crippen LogP contribution in [0.15, 0.2) is 62.8 Å². The number of rotatable bonds is 5. The normalized spacial score (nSPS) is 15.9. The number of nitrogens with zero attached hydrogens (tertiary/aromatic N) is 1. The molecule has 0 bridgehead atoms. The van der Waals surface area contributed by atoms with Crippen molar-refractivity contribution in [3.8, 4) is 0 Å². The summed E-state index contributed by atoms with van der Waals surface area (Å²) in [6, 6.07) is 12.6. The van der Waals surface area contributed by atoms with E-state index in [4.69, 9.17) is 4.74 Å². The molecule has 0 aliphatic carbocycles. The third-order valence-corrected chi connectivity index (χ3v) is 8.99. The first-order valence-electron chi connectivity index (χ1n) is 11.5. The summed E-state index contributed by atoms with van der Waals surface area (Å²) in [7, 11) is -4.05. The van der Waals surface area contributed by atoms with Gasteiger partial charge < -0.3 is 14.7 Å². The van der Waals surface area contributed by atoms with Gasteiger partial charge in [0.1, 0.15) is 5.60 Å². The van der Waals surface area contributed by atoms with Crippen molar-refractivity contribution in [2.45, 2.75) is 54.6 Å². The van der Waals surface area contributed by atoms with E-state index in [2.05, 4.69) is 25.4 Å². The van der Waals surface area contributed by atoms with Crippen molar-refractivity contribution in [1.29, 1.82) is 0 Å². The number of nitrogens with one attached hydrogen (secondary N) is 2. The molecule has 1 heterocycles. The molecule has 0 atom stereocenters. The number of piperidine rings is 1. The Kier molecular flexibility index (Phi) is 10.3. The molecule has 3 N–H and O–H groups in total. The van der Waals surface area contributed by atoms with Crippen molar-refractivity contribution in [2.24, 2.45) is 0 Å². The zero-order valence-corrected chi connectivity index (χ0v) is 24.7. The van der Waals surface area contributed by atoms with Crippen molar-refractivity contribution in [3.05, 3.63) is 58.6 Å². The molecule has 2 aromatic rings. The lowest BCUT2D eigenvalue weighted by atomic mass is 9.84. The number of aliphatic hydroxyl groups is 1. The fraction of sp³-hybridized carbons (Fsp3) is 0.458. The van der Waals surface area contributed by atoms with Crippen molar-refractivity contribution in [1.82, 2.24) is 14.3 Å². The number of likely N-dealkylation sites (tertiary alicyclic amines) is 1. The number of amides is 1. The number of sulfonamides is 2. The first-order chi connectivity index (χ1) is 17.0. The lowest BCUT2D eigenvalue weighted by molar-refractivity contribution is -0.0356. The minimum Gasteiger partial charge on any atom is -0.444 e. The third kappa shape index (κ3) is 8.76. The number of hydrogen-bond acceptors (Lipinski definition) is 7. The number of halogens is 1. The maximum atomic E-state index is 12.1. The first-order valence-corrected chi connectivity index (χ1v) is 15.2. The zero-order valence-electron chi connectivity index (χ0n) is 21.5. The Bertz CT molecular complexity index is 1270. The first kappa shape index (κ1) is 31.2. The van der Waals surface area contributed by atoms with Gasteiger partial charge in [-0.15, -0.1) is 0 Å². The van der Waals surface area contributed by atoms with Crippen LogP contribution in [0.1, 0.15) is 39.2 Å². The van der Waals surface area contributed by atoms with Gasteiger partial charge in [-0.05, 0) is 89.7 Å². The molecule has 1 aliphatic rings. The molecule has 206 valence electrons. The summed E-state index contributed by atoms with van der Waals surface area (Å²) in [5, 5.41) is 10.9. The Balaban J connectivity index is 0.000000335. The summed E-state index contributed by atoms with van der Waals surface area (Å²) in [5.41, 5.74) is -0.994. The summed E-state index contributed by atoms with van der Waals surface area (Å²) in [5.74, 6) is 0. The second-order valence-electron chi connectivity index (χ2n) is 9.39. The summed E-state index contributed by atoms with van der Waals surface area (Å²) in [4.78, 5) is 14.1. The summed E-state index contributed by atoms with van der Waals surface area (Å²) >= 11 is 3.22. The van der Waals surface area contributed by atoms with E-state index < -0.39 is 31.2 Å². The molecular formula is C24H34BrN3O7S2. The van der Waals surface area contributed by atoms with E-state index in [9.17, 15) is 26.7 Å². The number of carbonyl (C=O) groups excluding carboxylic acids is 1. The molecule has 1 aliphatic heterocycles. The van der Waals surface area contributed by atoms with Gasteiger partial charge in [-0.25, -0.2) is 31.1 Å². The van der Waals surface area contributed by atoms with Crippen LogP contribution < -0.4 is 9.44 Å². The van der Waals surface area contributed by atoms with Crippen LogP contribution in [-0.2, 0) is 30.4 Å². The van der Waals surface area contributed by atoms with Crippen LogP contribution in [0, 0.1) is 0 Å². The standard InChI is InChI=1S/C17H26N2O5S.C7H8BrNO2S/c1-16(2,3)24-15(20)19-11-9-17(21,10-12-19)13-5-7-14(8-6-13)25(22,23)18-4;1-9-12(10,11)7-4-2-6(8)3-5-7/h5-8,18,21H,9-12H2,1-4H3;2-5,9H,1H3. The van der Waals surface area contributed by atoms with Crippen LogP contribution in [0.3, 0.4) is 0 Å². The van der Waals surface area contributed by atoms with Crippen LogP contribution in [0.4, 0.5) is 4.79 Å². The highest BCUT2D eigenvalue weighted by Crippen LogP contribution is 2.33. The van der Waals surface area contributed by atoms with Crippen LogP contribution in [0.5, 0.6) is 0 Å². The molecule has 0 unspecified atom stereocenters. The maximum absolute atomic E-state index is 12.1. The highest BCUT2D eigenvalue weighted by molar-refractivity contribution is 9.10. The van der Waals surface area contributed by atoms with Gasteiger partial charge in [0.25, 0.3) is 0 Å². The molecule has 13 heteroatoms. The monoisotopic (exact) mass is 619 g/mol. The summed E-state index contributed by atoms with van der Waals surface area (Å²) in [6.45, 7) is 6.19. The maximum Gasteiger partial charge on any atom is 0.410 e. The lowest BCUT2D eigenvalue weighted by Gasteiger charge is -2.39. The lowest BCUT2D eigenvalue weighted by Crippen LogP contribution is -2.46. The molecule has 0 radical (unpaired) electrons. The van der Waals surface area contributed by atoms with Gasteiger partial charge in [-0.2, -0.15) is 0 Å². The predicted molar refractivity (Wildman–Crippen MR) is 144 cm³/mol. The fourth-order valence-electron chi connectivity index (χ4n) is 3.47. The van der Waals surface area contributed by atoms with Gasteiger partial charge in [0.15, 0.2) is 0 Å². The molecule has 0 saturated carbocycles. The summed E-state index contributed by atoms with van der Waals surface area (Å²) < 4.78 is 56.6. The van der Waals surface area contributed by atoms with Gasteiger partial charge in [0, 0.05) is 17.6 Å². The quantitative estimate of drug-likeness (QED) is 0.466. The molecule has 0 aromatic heterocycles. The molecule has 1 fully saturated rings. The van der Waals surface area contributed by atoms with Crippen molar-refractivity contribution in [2.75, 3.05) is 27.2 Å². The molecule has 2 aromatic carbocycles. The summed E-state index contributed by atoms with van der Waals surface area (Å²) in [6.07, 6.45) is 0.347. The van der Waals surface area contributed by atoms with E-state index in [0.29, 0.717) is 31.5 Å². The van der Waals surface area contributed by atoms with Gasteiger partial charge in [0.2, 0.25) is 20.0 Å². The molecule has 3 rings (SSSR count). The largest absolute Gasteiger partial charge is 0.444 e. The molecule has 0 spiro atoms. The van der Waals surface area contributed by atoms with Crippen molar-refractivity contribution >= 4 is 42.1 Å². The Labute approximate surface area is 227 Å². The third-order valence-electron chi connectivity index (χ3n) is 5.61. The van der Waals surface area contributed by atoms with Crippen LogP contribution in [0.25, 0.3) is 0 Å². The fourth-order valence-corrected chi connectivity index (χ4v) is 5.19. The Morgan fingerprint density at radius 3 is 1.68 bits per heavy atom. The molecule has 10 nitrogen and oxygen atoms in total. The second kappa shape index (κ2) is 12.2. The van der Waals surface area contributed by atoms with Gasteiger partial charge in [-0.1, -0.05) is 28.1 Å². The molecule has 1 saturated heterocycles. The minimum atomic E-state index is -3.50. The zero-order chi connectivity index (χ0) is 28.1. The van der Waals surface area contributed by atoms with Crippen molar-refractivity contribution in [3.63, 3.8) is 0 Å². The number of ether oxygens (including phenoxy) is 1. The van der Waals surface area contributed by atoms with Gasteiger partial charge >= 0.3 is 6.09 Å². The average molecular weight is 621 g/mol. The van der Waals surface area contributed by atoms with Crippen LogP contribution in [-0.4, -0.2) is 65.7 Å². The average Bonchev–Trinajstić information content (AvgIpc) is 2.84. The van der Waals surface area contributed by atoms with E-state index in [0.717, 1.165) is 4.47 Å². The van der Waals surface area contributed by atoms with Crippen LogP contribution >= 0.6 is 15.9 Å². The molecule has 1 amide bonds. The van der Waals surface area contributed by atoms with Gasteiger partial charge in [-0.3, -0.25) is 0 Å². The minimum absolute atomic E-state index is 0.147. The number of carbonyl (C=O) groups is 1. The van der Waals surface area contributed by atoms with E-state index in [-0.39, 0.29) is 15.9 Å². The molecular weight excluding hydrogens is 586 g/mol. The van der Waals surface area contributed by atoms with E-state index in [1.807, 2.05) is 20.8 Å². The predicted octanol–water partition coefficient (Wildman–Crippen LogP) is 3.17. The van der Waals surface area contributed by atoms with E-state index >= 15 is 0 Å². The van der Waals surface area contributed by atoms with E-state index in [1.54, 1.807) is 29.2 Å². The Morgan fingerprint density at radius 2 is 1.30 bits per heavy atom. The second-order valence-corrected chi connectivity index (χ2v) is 14.1. The van der Waals surface area contributed by atoms with E-state index in [1.165, 1.54) is 38.4 Å². The van der Waals surface area contributed by atoms with Gasteiger partial charge in [0.05, 0.1) is 15.4 Å². The molecule has 37 heavy (non-hydrogen) atoms. The number of benzene rings is 2. The smallest absolute Gasteiger partial charge is 0.410 e. The van der Waals surface area contributed by atoms with Crippen LogP contribution in [0.2, 0.25) is 0 Å². The SMILES string of the molecule is CNS(=O)(=O)c1ccc(Br)cc1.CNS(=O)(=O)c1ccc(C2(O)CCN(C(=O)OC(C)(C)C)CC2)cc1. The Hall–Kier alpha value is -2.03. The highest BCUT2D eigenvalue weighted by Gasteiger charge is 2.36. The Morgan fingerprint density at radius 1 is 0.892 bits per heavy atom.